The van der Waals surface area contributed by atoms with Crippen molar-refractivity contribution in [1.82, 2.24) is 9.80 Å². The van der Waals surface area contributed by atoms with E-state index < -0.39 is 0 Å². The van der Waals surface area contributed by atoms with E-state index in [1.165, 1.54) is 45.2 Å². The predicted molar refractivity (Wildman–Crippen MR) is 76.7 cm³/mol. The van der Waals surface area contributed by atoms with Crippen molar-refractivity contribution in [3.8, 4) is 0 Å². The fourth-order valence-corrected chi connectivity index (χ4v) is 6.36. The molecule has 0 aromatic carbocycles. The van der Waals surface area contributed by atoms with Gasteiger partial charge >= 0.3 is 0 Å². The summed E-state index contributed by atoms with van der Waals surface area (Å²) in [6.07, 6.45) is 9.15. The summed E-state index contributed by atoms with van der Waals surface area (Å²) < 4.78 is 0. The summed E-state index contributed by atoms with van der Waals surface area (Å²) >= 11 is 0. The van der Waals surface area contributed by atoms with Crippen molar-refractivity contribution in [3.05, 3.63) is 0 Å². The van der Waals surface area contributed by atoms with Crippen molar-refractivity contribution < 1.29 is 0 Å². The maximum atomic E-state index is 2.44. The minimum Gasteiger partial charge on any atom is -0.309 e. The van der Waals surface area contributed by atoms with E-state index >= 15 is 0 Å². The Balaban J connectivity index is 1.83. The smallest absolute Gasteiger partial charge is 0.00323 e. The van der Waals surface area contributed by atoms with Gasteiger partial charge in [-0.05, 0) is 89.4 Å². The minimum absolute atomic E-state index is 0.670. The summed E-state index contributed by atoms with van der Waals surface area (Å²) in [5, 5.41) is 0. The van der Waals surface area contributed by atoms with Gasteiger partial charge in [0.05, 0.1) is 0 Å². The van der Waals surface area contributed by atoms with Gasteiger partial charge in [0.15, 0.2) is 0 Å². The van der Waals surface area contributed by atoms with Gasteiger partial charge in [-0.2, -0.15) is 0 Å². The first-order valence-corrected chi connectivity index (χ1v) is 7.70. The second-order valence-corrected chi connectivity index (χ2v) is 8.44. The maximum Gasteiger partial charge on any atom is 0.00323 e. The minimum atomic E-state index is 0.670. The third-order valence-electron chi connectivity index (χ3n) is 5.61. The van der Waals surface area contributed by atoms with Gasteiger partial charge in [-0.1, -0.05) is 0 Å². The summed E-state index contributed by atoms with van der Waals surface area (Å²) in [4.78, 5) is 4.88. The predicted octanol–water partition coefficient (Wildman–Crippen LogP) is 2.70. The Morgan fingerprint density at radius 2 is 1.17 bits per heavy atom. The highest BCUT2D eigenvalue weighted by molar-refractivity contribution is 5.08. The molecule has 0 saturated heterocycles. The maximum absolute atomic E-state index is 2.44. The van der Waals surface area contributed by atoms with Crippen molar-refractivity contribution >= 4 is 0 Å². The first-order valence-electron chi connectivity index (χ1n) is 7.70. The van der Waals surface area contributed by atoms with Gasteiger partial charge in [-0.3, -0.25) is 0 Å². The van der Waals surface area contributed by atoms with Crippen molar-refractivity contribution in [3.63, 3.8) is 0 Å². The molecule has 0 unspecified atom stereocenters. The average Bonchev–Trinajstić information content (AvgIpc) is 2.08. The lowest BCUT2D eigenvalue weighted by Crippen LogP contribution is -2.57. The lowest BCUT2D eigenvalue weighted by atomic mass is 9.44. The van der Waals surface area contributed by atoms with Crippen LogP contribution in [0.2, 0.25) is 0 Å². The van der Waals surface area contributed by atoms with Crippen molar-refractivity contribution in [2.75, 3.05) is 41.3 Å². The molecule has 104 valence electrons. The Morgan fingerprint density at radius 3 is 1.50 bits per heavy atom. The molecule has 0 heterocycles. The van der Waals surface area contributed by atoms with E-state index in [0.717, 1.165) is 11.8 Å². The molecule has 4 fully saturated rings. The largest absolute Gasteiger partial charge is 0.309 e. The zero-order valence-corrected chi connectivity index (χ0v) is 12.7. The summed E-state index contributed by atoms with van der Waals surface area (Å²) in [5.74, 6) is 2.09. The van der Waals surface area contributed by atoms with Crippen LogP contribution in [-0.2, 0) is 0 Å². The Bertz CT molecular complexity index is 268. The number of rotatable bonds is 4. The van der Waals surface area contributed by atoms with E-state index in [1.807, 2.05) is 0 Å². The van der Waals surface area contributed by atoms with Crippen LogP contribution in [-0.4, -0.2) is 51.1 Å². The Kier molecular flexibility index (Phi) is 3.02. The SMILES string of the molecule is CN(C)CC12CC3CC(C1)CC(CN(C)C)(C3)C2. The lowest BCUT2D eigenvalue weighted by molar-refractivity contribution is -0.124. The monoisotopic (exact) mass is 250 g/mol. The topological polar surface area (TPSA) is 6.48 Å². The van der Waals surface area contributed by atoms with Crippen LogP contribution < -0.4 is 0 Å². The van der Waals surface area contributed by atoms with Gasteiger partial charge < -0.3 is 9.80 Å². The quantitative estimate of drug-likeness (QED) is 0.757. The second-order valence-electron chi connectivity index (χ2n) is 8.44. The van der Waals surface area contributed by atoms with Crippen LogP contribution >= 0.6 is 0 Å². The van der Waals surface area contributed by atoms with Gasteiger partial charge in [0.25, 0.3) is 0 Å². The standard InChI is InChI=1S/C16H30N2/c1-17(2)11-15-6-13-5-14(7-15)9-16(8-13,10-15)12-18(3)4/h13-14H,5-12H2,1-4H3. The summed E-state index contributed by atoms with van der Waals surface area (Å²) in [6, 6.07) is 0. The molecule has 0 aliphatic heterocycles. The molecule has 4 aliphatic carbocycles. The fourth-order valence-electron chi connectivity index (χ4n) is 6.36. The third-order valence-corrected chi connectivity index (χ3v) is 5.61. The molecule has 4 bridgehead atoms. The molecule has 4 aliphatic rings. The molecule has 2 nitrogen and oxygen atoms in total. The molecule has 2 heteroatoms. The highest BCUT2D eigenvalue weighted by Gasteiger charge is 2.57. The van der Waals surface area contributed by atoms with Gasteiger partial charge in [0, 0.05) is 13.1 Å². The number of nitrogens with zero attached hydrogens (tertiary/aromatic N) is 2. The highest BCUT2D eigenvalue weighted by atomic mass is 15.1. The zero-order valence-electron chi connectivity index (χ0n) is 12.7. The van der Waals surface area contributed by atoms with Crippen LogP contribution in [0.1, 0.15) is 38.5 Å². The molecule has 18 heavy (non-hydrogen) atoms. The van der Waals surface area contributed by atoms with Crippen LogP contribution in [0.3, 0.4) is 0 Å². The molecule has 0 amide bonds. The van der Waals surface area contributed by atoms with Gasteiger partial charge in [0.1, 0.15) is 0 Å². The van der Waals surface area contributed by atoms with E-state index in [1.54, 1.807) is 6.42 Å². The summed E-state index contributed by atoms with van der Waals surface area (Å²) in [5.41, 5.74) is 1.34. The Morgan fingerprint density at radius 1 is 0.778 bits per heavy atom. The normalized spacial score (nSPS) is 46.3. The van der Waals surface area contributed by atoms with Crippen LogP contribution in [0.25, 0.3) is 0 Å². The van der Waals surface area contributed by atoms with E-state index in [2.05, 4.69) is 38.0 Å². The molecule has 0 N–H and O–H groups in total. The molecular formula is C16H30N2. The van der Waals surface area contributed by atoms with Crippen LogP contribution in [0.15, 0.2) is 0 Å². The molecular weight excluding hydrogens is 220 g/mol. The van der Waals surface area contributed by atoms with Crippen LogP contribution in [0.5, 0.6) is 0 Å². The first-order chi connectivity index (χ1) is 8.40. The lowest BCUT2D eigenvalue weighted by Gasteiger charge is -2.63. The number of hydrogen-bond donors (Lipinski definition) is 0. The second kappa shape index (κ2) is 4.21. The van der Waals surface area contributed by atoms with Crippen molar-refractivity contribution in [2.24, 2.45) is 22.7 Å². The van der Waals surface area contributed by atoms with E-state index in [0.29, 0.717) is 10.8 Å². The van der Waals surface area contributed by atoms with E-state index in [4.69, 9.17) is 0 Å². The number of hydrogen-bond acceptors (Lipinski definition) is 2. The van der Waals surface area contributed by atoms with Gasteiger partial charge in [-0.25, -0.2) is 0 Å². The molecule has 0 spiro atoms. The van der Waals surface area contributed by atoms with Crippen LogP contribution in [0.4, 0.5) is 0 Å². The molecule has 0 atom stereocenters. The van der Waals surface area contributed by atoms with Gasteiger partial charge in [-0.15, -0.1) is 0 Å². The zero-order chi connectivity index (χ0) is 13.0. The Hall–Kier alpha value is -0.0800. The summed E-state index contributed by atoms with van der Waals surface area (Å²) in [6.45, 7) is 2.66. The van der Waals surface area contributed by atoms with Gasteiger partial charge in [0.2, 0.25) is 0 Å². The average molecular weight is 250 g/mol. The fraction of sp³-hybridized carbons (Fsp3) is 1.00. The molecule has 0 radical (unpaired) electrons. The molecule has 4 rings (SSSR count). The third kappa shape index (κ3) is 2.22. The summed E-state index contributed by atoms with van der Waals surface area (Å²) in [7, 11) is 9.04. The van der Waals surface area contributed by atoms with E-state index in [-0.39, 0.29) is 0 Å². The highest BCUT2D eigenvalue weighted by Crippen LogP contribution is 2.65. The first kappa shape index (κ1) is 12.9. The molecule has 4 saturated carbocycles. The molecule has 0 aromatic rings. The van der Waals surface area contributed by atoms with E-state index in [9.17, 15) is 0 Å². The van der Waals surface area contributed by atoms with Crippen LogP contribution in [0, 0.1) is 22.7 Å². The Labute approximate surface area is 113 Å². The van der Waals surface area contributed by atoms with Crippen molar-refractivity contribution in [1.29, 1.82) is 0 Å². The van der Waals surface area contributed by atoms with Crippen molar-refractivity contribution in [2.45, 2.75) is 38.5 Å². The molecule has 0 aromatic heterocycles.